The third kappa shape index (κ3) is 5.90. The molecule has 0 radical (unpaired) electrons. The molecule has 1 aliphatic carbocycles. The van der Waals surface area contributed by atoms with Gasteiger partial charge in [0.25, 0.3) is 5.91 Å². The number of nitrogens with one attached hydrogen (secondary N) is 2. The van der Waals surface area contributed by atoms with E-state index in [2.05, 4.69) is 22.5 Å². The average Bonchev–Trinajstić information content (AvgIpc) is 2.73. The van der Waals surface area contributed by atoms with Crippen LogP contribution in [0.4, 0.5) is 0 Å². The molecule has 2 aromatic rings. The van der Waals surface area contributed by atoms with Gasteiger partial charge in [-0.3, -0.25) is 9.78 Å². The highest BCUT2D eigenvalue weighted by molar-refractivity contribution is 5.94. The fraction of sp³-hybridized carbons (Fsp3) is 0.478. The van der Waals surface area contributed by atoms with Gasteiger partial charge in [-0.25, -0.2) is 0 Å². The summed E-state index contributed by atoms with van der Waals surface area (Å²) >= 11 is 0. The third-order valence-corrected chi connectivity index (χ3v) is 5.45. The Labute approximate surface area is 162 Å². The van der Waals surface area contributed by atoms with Crippen molar-refractivity contribution in [3.05, 3.63) is 54.2 Å². The summed E-state index contributed by atoms with van der Waals surface area (Å²) < 4.78 is 0. The first kappa shape index (κ1) is 19.6. The molecule has 0 saturated heterocycles. The second-order valence-electron chi connectivity index (χ2n) is 7.52. The van der Waals surface area contributed by atoms with Crippen LogP contribution in [0.15, 0.2) is 48.7 Å². The molecule has 1 heterocycles. The van der Waals surface area contributed by atoms with Crippen molar-refractivity contribution in [1.29, 1.82) is 0 Å². The molecule has 0 aliphatic heterocycles. The number of amides is 1. The summed E-state index contributed by atoms with van der Waals surface area (Å²) in [5, 5.41) is 6.71. The van der Waals surface area contributed by atoms with Crippen molar-refractivity contribution in [2.75, 3.05) is 13.1 Å². The van der Waals surface area contributed by atoms with Gasteiger partial charge < -0.3 is 10.6 Å². The van der Waals surface area contributed by atoms with Crippen molar-refractivity contribution in [3.63, 3.8) is 0 Å². The van der Waals surface area contributed by atoms with Crippen molar-refractivity contribution < 1.29 is 4.79 Å². The summed E-state index contributed by atoms with van der Waals surface area (Å²) in [5.74, 6) is 0.843. The van der Waals surface area contributed by atoms with E-state index < -0.39 is 0 Å². The number of aromatic nitrogens is 1. The Balaban J connectivity index is 1.44. The largest absolute Gasteiger partial charge is 0.349 e. The van der Waals surface area contributed by atoms with Crippen LogP contribution in [0.25, 0.3) is 11.3 Å². The molecule has 1 fully saturated rings. The molecular formula is C23H31N3O. The maximum atomic E-state index is 12.5. The molecular weight excluding hydrogens is 334 g/mol. The third-order valence-electron chi connectivity index (χ3n) is 5.45. The topological polar surface area (TPSA) is 54.0 Å². The first-order valence-corrected chi connectivity index (χ1v) is 10.3. The number of rotatable bonds is 8. The highest BCUT2D eigenvalue weighted by Gasteiger charge is 2.22. The van der Waals surface area contributed by atoms with Gasteiger partial charge in [0.2, 0.25) is 0 Å². The summed E-state index contributed by atoms with van der Waals surface area (Å²) in [6, 6.07) is 13.9. The van der Waals surface area contributed by atoms with E-state index in [1.165, 1.54) is 25.7 Å². The van der Waals surface area contributed by atoms with E-state index in [4.69, 9.17) is 0 Å². The Morgan fingerprint density at radius 1 is 1.04 bits per heavy atom. The van der Waals surface area contributed by atoms with Gasteiger partial charge in [0.05, 0.1) is 5.69 Å². The van der Waals surface area contributed by atoms with Crippen LogP contribution in [-0.2, 0) is 0 Å². The molecule has 4 heteroatoms. The zero-order valence-corrected chi connectivity index (χ0v) is 16.3. The van der Waals surface area contributed by atoms with E-state index in [9.17, 15) is 4.79 Å². The normalized spacial score (nSPS) is 19.6. The Bertz CT molecular complexity index is 691. The van der Waals surface area contributed by atoms with Gasteiger partial charge in [0.1, 0.15) is 0 Å². The lowest BCUT2D eigenvalue weighted by Gasteiger charge is -2.29. The zero-order valence-electron chi connectivity index (χ0n) is 16.3. The van der Waals surface area contributed by atoms with Crippen molar-refractivity contribution in [2.24, 2.45) is 5.92 Å². The van der Waals surface area contributed by atoms with E-state index in [1.807, 2.05) is 42.5 Å². The molecule has 1 saturated carbocycles. The van der Waals surface area contributed by atoms with Crippen molar-refractivity contribution in [2.45, 2.75) is 51.5 Å². The van der Waals surface area contributed by atoms with Gasteiger partial charge in [-0.2, -0.15) is 0 Å². The molecule has 1 amide bonds. The fourth-order valence-corrected chi connectivity index (χ4v) is 3.80. The quantitative estimate of drug-likeness (QED) is 0.681. The number of nitrogens with zero attached hydrogens (tertiary/aromatic N) is 1. The predicted octanol–water partition coefficient (Wildman–Crippen LogP) is 4.43. The minimum absolute atomic E-state index is 0.0376. The zero-order chi connectivity index (χ0) is 18.9. The van der Waals surface area contributed by atoms with Crippen molar-refractivity contribution in [3.8, 4) is 11.3 Å². The van der Waals surface area contributed by atoms with E-state index in [-0.39, 0.29) is 5.91 Å². The summed E-state index contributed by atoms with van der Waals surface area (Å²) in [4.78, 5) is 16.9. The lowest BCUT2D eigenvalue weighted by molar-refractivity contribution is 0.0921. The average molecular weight is 366 g/mol. The maximum absolute atomic E-state index is 12.5. The SMILES string of the molecule is CCCNCCC1CCC(NC(=O)c2ccc(-c3ccccn3)cc2)CC1. The van der Waals surface area contributed by atoms with Gasteiger partial charge >= 0.3 is 0 Å². The van der Waals surface area contributed by atoms with Gasteiger partial charge in [0.15, 0.2) is 0 Å². The standard InChI is InChI=1S/C23H31N3O/c1-2-15-24-17-14-18-6-12-21(13-7-18)26-23(27)20-10-8-19(9-11-20)22-5-3-4-16-25-22/h3-5,8-11,16,18,21,24H,2,6-7,12-15,17H2,1H3,(H,26,27). The van der Waals surface area contributed by atoms with Crippen LogP contribution < -0.4 is 10.6 Å². The molecule has 0 bridgehead atoms. The predicted molar refractivity (Wildman–Crippen MR) is 111 cm³/mol. The van der Waals surface area contributed by atoms with Gasteiger partial charge in [-0.1, -0.05) is 25.1 Å². The first-order chi connectivity index (χ1) is 13.3. The van der Waals surface area contributed by atoms with Gasteiger partial charge in [-0.05, 0) is 81.8 Å². The van der Waals surface area contributed by atoms with Crippen LogP contribution >= 0.6 is 0 Å². The number of carbonyl (C=O) groups is 1. The molecule has 0 atom stereocenters. The monoisotopic (exact) mass is 365 g/mol. The molecule has 0 unspecified atom stereocenters. The summed E-state index contributed by atoms with van der Waals surface area (Å²) in [5.41, 5.74) is 2.68. The fourth-order valence-electron chi connectivity index (χ4n) is 3.80. The minimum atomic E-state index is 0.0376. The second kappa shape index (κ2) is 10.2. The number of hydrogen-bond acceptors (Lipinski definition) is 3. The highest BCUT2D eigenvalue weighted by Crippen LogP contribution is 2.27. The molecule has 1 aromatic carbocycles. The van der Waals surface area contributed by atoms with E-state index in [1.54, 1.807) is 6.20 Å². The van der Waals surface area contributed by atoms with E-state index in [0.717, 1.165) is 48.7 Å². The number of benzene rings is 1. The molecule has 144 valence electrons. The lowest BCUT2D eigenvalue weighted by atomic mass is 9.84. The van der Waals surface area contributed by atoms with Crippen LogP contribution in [0, 0.1) is 5.92 Å². The number of pyridine rings is 1. The molecule has 27 heavy (non-hydrogen) atoms. The number of carbonyl (C=O) groups excluding carboxylic acids is 1. The minimum Gasteiger partial charge on any atom is -0.349 e. The Morgan fingerprint density at radius 2 is 1.81 bits per heavy atom. The van der Waals surface area contributed by atoms with Gasteiger partial charge in [0, 0.05) is 23.4 Å². The molecule has 4 nitrogen and oxygen atoms in total. The maximum Gasteiger partial charge on any atom is 0.251 e. The summed E-state index contributed by atoms with van der Waals surface area (Å²) in [6.07, 6.45) is 8.87. The molecule has 3 rings (SSSR count). The second-order valence-corrected chi connectivity index (χ2v) is 7.52. The van der Waals surface area contributed by atoms with Crippen molar-refractivity contribution in [1.82, 2.24) is 15.6 Å². The molecule has 0 spiro atoms. The van der Waals surface area contributed by atoms with Crippen LogP contribution in [0.1, 0.15) is 55.8 Å². The summed E-state index contributed by atoms with van der Waals surface area (Å²) in [7, 11) is 0. The summed E-state index contributed by atoms with van der Waals surface area (Å²) in [6.45, 7) is 4.44. The first-order valence-electron chi connectivity index (χ1n) is 10.3. The van der Waals surface area contributed by atoms with Crippen LogP contribution in [0.3, 0.4) is 0 Å². The highest BCUT2D eigenvalue weighted by atomic mass is 16.1. The Kier molecular flexibility index (Phi) is 7.40. The lowest BCUT2D eigenvalue weighted by Crippen LogP contribution is -2.38. The van der Waals surface area contributed by atoms with Crippen LogP contribution in [-0.4, -0.2) is 30.0 Å². The van der Waals surface area contributed by atoms with E-state index in [0.29, 0.717) is 6.04 Å². The molecule has 1 aliphatic rings. The molecule has 1 aromatic heterocycles. The smallest absolute Gasteiger partial charge is 0.251 e. The Hall–Kier alpha value is -2.20. The van der Waals surface area contributed by atoms with Crippen molar-refractivity contribution >= 4 is 5.91 Å². The Morgan fingerprint density at radius 3 is 2.48 bits per heavy atom. The van der Waals surface area contributed by atoms with Crippen LogP contribution in [0.5, 0.6) is 0 Å². The van der Waals surface area contributed by atoms with Gasteiger partial charge in [-0.15, -0.1) is 0 Å². The number of hydrogen-bond donors (Lipinski definition) is 2. The molecule has 2 N–H and O–H groups in total. The van der Waals surface area contributed by atoms with E-state index >= 15 is 0 Å². The van der Waals surface area contributed by atoms with Crippen LogP contribution in [0.2, 0.25) is 0 Å².